The zero-order valence-corrected chi connectivity index (χ0v) is 16.8. The Balaban J connectivity index is 2.03. The van der Waals surface area contributed by atoms with Crippen LogP contribution in [0.5, 0.6) is 0 Å². The number of alkyl carbamates (subject to hydrolysis) is 1. The number of ether oxygens (including phenoxy) is 1. The number of rotatable bonds is 7. The second-order valence-electron chi connectivity index (χ2n) is 8.03. The van der Waals surface area contributed by atoms with Gasteiger partial charge >= 0.3 is 6.09 Å². The van der Waals surface area contributed by atoms with E-state index < -0.39 is 17.2 Å². The largest absolute Gasteiger partial charge is 0.444 e. The predicted molar refractivity (Wildman–Crippen MR) is 106 cm³/mol. The zero-order valence-electron chi connectivity index (χ0n) is 16.8. The van der Waals surface area contributed by atoms with Gasteiger partial charge < -0.3 is 19.6 Å². The van der Waals surface area contributed by atoms with Gasteiger partial charge in [0.15, 0.2) is 11.5 Å². The van der Waals surface area contributed by atoms with E-state index in [0.29, 0.717) is 25.2 Å². The van der Waals surface area contributed by atoms with Gasteiger partial charge in [0.2, 0.25) is 0 Å². The summed E-state index contributed by atoms with van der Waals surface area (Å²) in [5.41, 5.74) is 1.30. The predicted octanol–water partition coefficient (Wildman–Crippen LogP) is 4.15. The van der Waals surface area contributed by atoms with Crippen LogP contribution < -0.4 is 5.32 Å². The highest BCUT2D eigenvalue weighted by molar-refractivity contribution is 5.73. The number of aliphatic hydroxyl groups excluding tert-OH is 1. The first-order valence-corrected chi connectivity index (χ1v) is 9.26. The lowest BCUT2D eigenvalue weighted by Gasteiger charge is -2.30. The van der Waals surface area contributed by atoms with Gasteiger partial charge in [-0.25, -0.2) is 9.78 Å². The molecular formula is C21H30N2O4. The van der Waals surface area contributed by atoms with Crippen molar-refractivity contribution in [1.82, 2.24) is 10.3 Å². The molecule has 0 unspecified atom stereocenters. The molecule has 0 radical (unpaired) electrons. The first-order chi connectivity index (χ1) is 12.6. The van der Waals surface area contributed by atoms with Crippen molar-refractivity contribution in [2.24, 2.45) is 0 Å². The molecule has 1 aromatic carbocycles. The van der Waals surface area contributed by atoms with Crippen LogP contribution in [0, 0.1) is 0 Å². The molecule has 0 saturated carbocycles. The van der Waals surface area contributed by atoms with Crippen molar-refractivity contribution in [3.8, 4) is 0 Å². The van der Waals surface area contributed by atoms with Crippen molar-refractivity contribution in [2.45, 2.75) is 65.0 Å². The number of allylic oxidation sites excluding steroid dienone is 2. The number of aromatic nitrogens is 1. The summed E-state index contributed by atoms with van der Waals surface area (Å²) in [6.45, 7) is 9.01. The summed E-state index contributed by atoms with van der Waals surface area (Å²) in [5, 5.41) is 12.5. The SMILES string of the molecule is CC=CCc1nc2cc(CC[C@](C)(CO)NC(=O)OC(C)(C)C)ccc2o1. The molecule has 0 aliphatic carbocycles. The summed E-state index contributed by atoms with van der Waals surface area (Å²) in [5.74, 6) is 0.687. The third-order valence-corrected chi connectivity index (χ3v) is 4.14. The van der Waals surface area contributed by atoms with E-state index >= 15 is 0 Å². The van der Waals surface area contributed by atoms with Crippen LogP contribution in [0.4, 0.5) is 4.79 Å². The molecule has 0 bridgehead atoms. The van der Waals surface area contributed by atoms with E-state index in [-0.39, 0.29) is 6.61 Å². The number of carbonyl (C=O) groups excluding carboxylic acids is 1. The topological polar surface area (TPSA) is 84.6 Å². The summed E-state index contributed by atoms with van der Waals surface area (Å²) in [6.07, 6.45) is 5.36. The lowest BCUT2D eigenvalue weighted by molar-refractivity contribution is 0.0407. The van der Waals surface area contributed by atoms with Gasteiger partial charge in [-0.3, -0.25) is 0 Å². The molecule has 0 aliphatic heterocycles. The number of amides is 1. The second kappa shape index (κ2) is 8.57. The molecule has 148 valence electrons. The van der Waals surface area contributed by atoms with Gasteiger partial charge in [-0.05, 0) is 65.2 Å². The Hall–Kier alpha value is -2.34. The highest BCUT2D eigenvalue weighted by Crippen LogP contribution is 2.21. The van der Waals surface area contributed by atoms with Gasteiger partial charge in [0.25, 0.3) is 0 Å². The fourth-order valence-electron chi connectivity index (χ4n) is 2.63. The van der Waals surface area contributed by atoms with Gasteiger partial charge in [-0.2, -0.15) is 0 Å². The third kappa shape index (κ3) is 6.40. The van der Waals surface area contributed by atoms with Gasteiger partial charge in [-0.1, -0.05) is 18.2 Å². The molecule has 1 atom stereocenters. The lowest BCUT2D eigenvalue weighted by atomic mass is 9.94. The molecule has 2 N–H and O–H groups in total. The number of nitrogens with zero attached hydrogens (tertiary/aromatic N) is 1. The van der Waals surface area contributed by atoms with Crippen molar-refractivity contribution < 1.29 is 19.1 Å². The maximum absolute atomic E-state index is 12.0. The van der Waals surface area contributed by atoms with Gasteiger partial charge in [-0.15, -0.1) is 0 Å². The second-order valence-corrected chi connectivity index (χ2v) is 8.03. The third-order valence-electron chi connectivity index (χ3n) is 4.14. The average Bonchev–Trinajstić information content (AvgIpc) is 2.98. The smallest absolute Gasteiger partial charge is 0.408 e. The maximum atomic E-state index is 12.0. The first-order valence-electron chi connectivity index (χ1n) is 9.26. The van der Waals surface area contributed by atoms with Crippen LogP contribution in [-0.4, -0.2) is 33.9 Å². The fraction of sp³-hybridized carbons (Fsp3) is 0.524. The fourth-order valence-corrected chi connectivity index (χ4v) is 2.63. The molecule has 27 heavy (non-hydrogen) atoms. The maximum Gasteiger partial charge on any atom is 0.408 e. The van der Waals surface area contributed by atoms with Crippen LogP contribution in [0.15, 0.2) is 34.8 Å². The molecule has 0 fully saturated rings. The van der Waals surface area contributed by atoms with Crippen molar-refractivity contribution in [3.63, 3.8) is 0 Å². The Morgan fingerprint density at radius 2 is 2.07 bits per heavy atom. The normalized spacial score (nSPS) is 14.4. The average molecular weight is 374 g/mol. The van der Waals surface area contributed by atoms with Gasteiger partial charge in [0.05, 0.1) is 12.1 Å². The molecule has 6 heteroatoms. The number of fused-ring (bicyclic) bond motifs is 1. The number of carbonyl (C=O) groups is 1. The molecule has 1 aromatic heterocycles. The number of aryl methyl sites for hydroxylation is 1. The Kier molecular flexibility index (Phi) is 6.65. The van der Waals surface area contributed by atoms with Crippen molar-refractivity contribution >= 4 is 17.2 Å². The minimum atomic E-state index is -0.766. The van der Waals surface area contributed by atoms with Crippen LogP contribution in [0.3, 0.4) is 0 Å². The highest BCUT2D eigenvalue weighted by Gasteiger charge is 2.28. The van der Waals surface area contributed by atoms with Gasteiger partial charge in [0, 0.05) is 6.42 Å². The minimum Gasteiger partial charge on any atom is -0.444 e. The molecule has 2 rings (SSSR count). The monoisotopic (exact) mass is 374 g/mol. The Morgan fingerprint density at radius 1 is 1.33 bits per heavy atom. The Bertz CT molecular complexity index is 804. The Morgan fingerprint density at radius 3 is 2.70 bits per heavy atom. The number of aliphatic hydroxyl groups is 1. The van der Waals surface area contributed by atoms with E-state index in [1.54, 1.807) is 27.7 Å². The molecular weight excluding hydrogens is 344 g/mol. The summed E-state index contributed by atoms with van der Waals surface area (Å²) < 4.78 is 11.0. The van der Waals surface area contributed by atoms with E-state index in [4.69, 9.17) is 9.15 Å². The molecule has 0 aliphatic rings. The van der Waals surface area contributed by atoms with Crippen molar-refractivity contribution in [2.75, 3.05) is 6.61 Å². The van der Waals surface area contributed by atoms with E-state index in [1.165, 1.54) is 0 Å². The quantitative estimate of drug-likeness (QED) is 0.711. The number of hydrogen-bond acceptors (Lipinski definition) is 5. The van der Waals surface area contributed by atoms with E-state index in [9.17, 15) is 9.90 Å². The van der Waals surface area contributed by atoms with Crippen LogP contribution in [0.2, 0.25) is 0 Å². The number of hydrogen-bond donors (Lipinski definition) is 2. The van der Waals surface area contributed by atoms with Crippen molar-refractivity contribution in [1.29, 1.82) is 0 Å². The number of benzene rings is 1. The van der Waals surface area contributed by atoms with E-state index in [1.807, 2.05) is 37.3 Å². The Labute approximate surface area is 160 Å². The zero-order chi connectivity index (χ0) is 20.1. The number of nitrogens with one attached hydrogen (secondary N) is 1. The first kappa shape index (κ1) is 21.0. The molecule has 6 nitrogen and oxygen atoms in total. The minimum absolute atomic E-state index is 0.175. The molecule has 2 aromatic rings. The summed E-state index contributed by atoms with van der Waals surface area (Å²) in [4.78, 5) is 16.5. The highest BCUT2D eigenvalue weighted by atomic mass is 16.6. The summed E-state index contributed by atoms with van der Waals surface area (Å²) >= 11 is 0. The van der Waals surface area contributed by atoms with Crippen LogP contribution in [0.25, 0.3) is 11.1 Å². The van der Waals surface area contributed by atoms with Gasteiger partial charge in [0.1, 0.15) is 11.1 Å². The van der Waals surface area contributed by atoms with Crippen LogP contribution in [-0.2, 0) is 17.6 Å². The lowest BCUT2D eigenvalue weighted by Crippen LogP contribution is -2.50. The van der Waals surface area contributed by atoms with E-state index in [2.05, 4.69) is 10.3 Å². The molecule has 1 amide bonds. The molecule has 0 saturated heterocycles. The standard InChI is InChI=1S/C21H30N2O4/c1-6-7-8-18-22-16-13-15(9-10-17(16)26-18)11-12-21(5,14-24)23-19(25)27-20(2,3)4/h6-7,9-10,13,24H,8,11-12,14H2,1-5H3,(H,23,25)/t21-/m1/s1. The van der Waals surface area contributed by atoms with E-state index in [0.717, 1.165) is 16.7 Å². The number of oxazole rings is 1. The summed E-state index contributed by atoms with van der Waals surface area (Å²) in [7, 11) is 0. The van der Waals surface area contributed by atoms with Crippen LogP contribution >= 0.6 is 0 Å². The summed E-state index contributed by atoms with van der Waals surface area (Å²) in [6, 6.07) is 5.88. The molecule has 0 spiro atoms. The van der Waals surface area contributed by atoms with Crippen LogP contribution in [0.1, 0.15) is 52.5 Å². The van der Waals surface area contributed by atoms with Crippen molar-refractivity contribution in [3.05, 3.63) is 41.8 Å². The molecule has 1 heterocycles.